The number of hydrogen-bond donors (Lipinski definition) is 1. The van der Waals surface area contributed by atoms with Crippen LogP contribution in [0.3, 0.4) is 0 Å². The number of benzene rings is 1. The topological polar surface area (TPSA) is 93.4 Å². The minimum atomic E-state index is -0.844. The number of fused-ring (bicyclic) bond motifs is 1. The van der Waals surface area contributed by atoms with Crippen molar-refractivity contribution in [1.82, 2.24) is 19.7 Å². The molecule has 0 radical (unpaired) electrons. The van der Waals surface area contributed by atoms with E-state index in [1.165, 1.54) is 6.33 Å². The molecule has 0 saturated carbocycles. The molecule has 1 atom stereocenters. The van der Waals surface area contributed by atoms with Crippen molar-refractivity contribution in [3.05, 3.63) is 40.9 Å². The van der Waals surface area contributed by atoms with E-state index in [-0.39, 0.29) is 19.1 Å². The Hall–Kier alpha value is -2.52. The molecule has 2 aromatic heterocycles. The summed E-state index contributed by atoms with van der Waals surface area (Å²) in [6, 6.07) is 6.27. The molecule has 152 valence electrons. The van der Waals surface area contributed by atoms with Gasteiger partial charge in [0.25, 0.3) is 0 Å². The molecule has 3 aromatic rings. The highest BCUT2D eigenvalue weighted by Crippen LogP contribution is 2.33. The van der Waals surface area contributed by atoms with Gasteiger partial charge in [-0.2, -0.15) is 5.10 Å². The molecule has 0 amide bonds. The summed E-state index contributed by atoms with van der Waals surface area (Å²) in [6.45, 7) is 3.64. The highest BCUT2D eigenvalue weighted by atomic mass is 79.9. The SMILES string of the molecule is Cc1c(Br)ccc2c(-n3cncn3)cc(N3CCC[C@H]3COCCC(=O)O)nc12. The third-order valence-electron chi connectivity index (χ3n) is 5.24. The lowest BCUT2D eigenvalue weighted by Crippen LogP contribution is -2.34. The first-order valence-electron chi connectivity index (χ1n) is 9.55. The zero-order valence-electron chi connectivity index (χ0n) is 16.1. The van der Waals surface area contributed by atoms with E-state index in [0.29, 0.717) is 6.61 Å². The summed E-state index contributed by atoms with van der Waals surface area (Å²) in [5.41, 5.74) is 2.91. The molecule has 1 aliphatic rings. The Balaban J connectivity index is 1.69. The Bertz CT molecular complexity index is 1020. The summed E-state index contributed by atoms with van der Waals surface area (Å²) >= 11 is 3.61. The van der Waals surface area contributed by atoms with Gasteiger partial charge in [0.1, 0.15) is 18.5 Å². The fraction of sp³-hybridized carbons (Fsp3) is 0.400. The molecule has 8 nitrogen and oxygen atoms in total. The van der Waals surface area contributed by atoms with Crippen LogP contribution in [0.25, 0.3) is 16.6 Å². The van der Waals surface area contributed by atoms with Gasteiger partial charge in [-0.3, -0.25) is 4.79 Å². The summed E-state index contributed by atoms with van der Waals surface area (Å²) in [4.78, 5) is 22.0. The molecule has 29 heavy (non-hydrogen) atoms. The van der Waals surface area contributed by atoms with Crippen LogP contribution in [-0.4, -0.2) is 56.6 Å². The maximum Gasteiger partial charge on any atom is 0.305 e. The number of hydrogen-bond acceptors (Lipinski definition) is 6. The molecule has 0 spiro atoms. The zero-order chi connectivity index (χ0) is 20.4. The number of aromatic nitrogens is 4. The summed E-state index contributed by atoms with van der Waals surface area (Å²) in [7, 11) is 0. The number of anilines is 1. The van der Waals surface area contributed by atoms with Crippen molar-refractivity contribution in [2.24, 2.45) is 0 Å². The number of aliphatic carboxylic acids is 1. The van der Waals surface area contributed by atoms with Crippen LogP contribution in [0, 0.1) is 6.92 Å². The second-order valence-electron chi connectivity index (χ2n) is 7.12. The molecular formula is C20H22BrN5O3. The van der Waals surface area contributed by atoms with E-state index in [2.05, 4.69) is 30.9 Å². The zero-order valence-corrected chi connectivity index (χ0v) is 17.7. The van der Waals surface area contributed by atoms with Crippen molar-refractivity contribution in [3.63, 3.8) is 0 Å². The number of rotatable bonds is 7. The normalized spacial score (nSPS) is 16.6. The number of aryl methyl sites for hydroxylation is 1. The highest BCUT2D eigenvalue weighted by molar-refractivity contribution is 9.10. The van der Waals surface area contributed by atoms with Crippen LogP contribution >= 0.6 is 15.9 Å². The second kappa shape index (κ2) is 8.46. The minimum absolute atomic E-state index is 0.0185. The van der Waals surface area contributed by atoms with Crippen LogP contribution in [0.1, 0.15) is 24.8 Å². The van der Waals surface area contributed by atoms with Crippen LogP contribution in [-0.2, 0) is 9.53 Å². The second-order valence-corrected chi connectivity index (χ2v) is 7.97. The maximum absolute atomic E-state index is 10.7. The largest absolute Gasteiger partial charge is 0.481 e. The van der Waals surface area contributed by atoms with Crippen molar-refractivity contribution >= 4 is 38.6 Å². The monoisotopic (exact) mass is 459 g/mol. The van der Waals surface area contributed by atoms with E-state index in [1.807, 2.05) is 25.1 Å². The van der Waals surface area contributed by atoms with Crippen LogP contribution in [0.4, 0.5) is 5.82 Å². The van der Waals surface area contributed by atoms with E-state index in [9.17, 15) is 4.79 Å². The number of carboxylic acids is 1. The van der Waals surface area contributed by atoms with Gasteiger partial charge in [0, 0.05) is 22.5 Å². The molecule has 1 aromatic carbocycles. The smallest absolute Gasteiger partial charge is 0.305 e. The lowest BCUT2D eigenvalue weighted by Gasteiger charge is -2.27. The van der Waals surface area contributed by atoms with Crippen molar-refractivity contribution in [3.8, 4) is 5.69 Å². The van der Waals surface area contributed by atoms with Gasteiger partial charge in [-0.1, -0.05) is 15.9 Å². The number of pyridine rings is 1. The van der Waals surface area contributed by atoms with Gasteiger partial charge in [0.15, 0.2) is 0 Å². The summed E-state index contributed by atoms with van der Waals surface area (Å²) < 4.78 is 8.40. The molecule has 1 aliphatic heterocycles. The first-order chi connectivity index (χ1) is 14.0. The maximum atomic E-state index is 10.7. The lowest BCUT2D eigenvalue weighted by atomic mass is 10.1. The minimum Gasteiger partial charge on any atom is -0.481 e. The van der Waals surface area contributed by atoms with Gasteiger partial charge in [0.2, 0.25) is 0 Å². The average molecular weight is 460 g/mol. The van der Waals surface area contributed by atoms with Gasteiger partial charge in [0.05, 0.1) is 36.9 Å². The van der Waals surface area contributed by atoms with Gasteiger partial charge in [-0.05, 0) is 37.5 Å². The Labute approximate surface area is 176 Å². The number of carbonyl (C=O) groups is 1. The number of carboxylic acid groups (broad SMARTS) is 1. The Morgan fingerprint density at radius 1 is 1.41 bits per heavy atom. The van der Waals surface area contributed by atoms with Gasteiger partial charge < -0.3 is 14.7 Å². The lowest BCUT2D eigenvalue weighted by molar-refractivity contribution is -0.138. The van der Waals surface area contributed by atoms with Crippen molar-refractivity contribution < 1.29 is 14.6 Å². The summed E-state index contributed by atoms with van der Waals surface area (Å²) in [5, 5.41) is 14.1. The predicted octanol–water partition coefficient (Wildman–Crippen LogP) is 3.35. The fourth-order valence-corrected chi connectivity index (χ4v) is 4.05. The number of halogens is 1. The number of ether oxygens (including phenoxy) is 1. The fourth-order valence-electron chi connectivity index (χ4n) is 3.73. The highest BCUT2D eigenvalue weighted by Gasteiger charge is 2.27. The summed E-state index contributed by atoms with van der Waals surface area (Å²) in [5.74, 6) is 0.0246. The van der Waals surface area contributed by atoms with E-state index in [0.717, 1.165) is 51.8 Å². The van der Waals surface area contributed by atoms with Gasteiger partial charge in [-0.25, -0.2) is 14.6 Å². The van der Waals surface area contributed by atoms with Crippen LogP contribution in [0.15, 0.2) is 35.3 Å². The van der Waals surface area contributed by atoms with Crippen molar-refractivity contribution in [1.29, 1.82) is 0 Å². The molecule has 0 unspecified atom stereocenters. The average Bonchev–Trinajstić information content (AvgIpc) is 3.39. The molecule has 0 bridgehead atoms. The molecular weight excluding hydrogens is 438 g/mol. The first-order valence-corrected chi connectivity index (χ1v) is 10.3. The Kier molecular flexibility index (Phi) is 5.77. The predicted molar refractivity (Wildman–Crippen MR) is 113 cm³/mol. The van der Waals surface area contributed by atoms with Crippen LogP contribution < -0.4 is 4.90 Å². The summed E-state index contributed by atoms with van der Waals surface area (Å²) in [6.07, 6.45) is 5.26. The Morgan fingerprint density at radius 2 is 2.28 bits per heavy atom. The van der Waals surface area contributed by atoms with E-state index in [4.69, 9.17) is 14.8 Å². The quantitative estimate of drug-likeness (QED) is 0.541. The molecule has 0 aliphatic carbocycles. The third kappa shape index (κ3) is 4.11. The van der Waals surface area contributed by atoms with Crippen LogP contribution in [0.5, 0.6) is 0 Å². The van der Waals surface area contributed by atoms with E-state index >= 15 is 0 Å². The first kappa shape index (κ1) is 19.8. The molecule has 9 heteroatoms. The standard InChI is InChI=1S/C20H22BrN5O3/c1-13-16(21)5-4-15-17(26-12-22-11-23-26)9-18(24-20(13)15)25-7-2-3-14(25)10-29-8-6-19(27)28/h4-5,9,11-12,14H,2-3,6-8,10H2,1H3,(H,27,28)/t14-/m0/s1. The van der Waals surface area contributed by atoms with Crippen molar-refractivity contribution in [2.45, 2.75) is 32.2 Å². The molecule has 1 N–H and O–H groups in total. The Morgan fingerprint density at radius 3 is 3.03 bits per heavy atom. The molecule has 1 fully saturated rings. The molecule has 1 saturated heterocycles. The molecule has 3 heterocycles. The van der Waals surface area contributed by atoms with Gasteiger partial charge in [-0.15, -0.1) is 0 Å². The number of nitrogens with zero attached hydrogens (tertiary/aromatic N) is 5. The van der Waals surface area contributed by atoms with E-state index in [1.54, 1.807) is 11.0 Å². The van der Waals surface area contributed by atoms with Crippen LogP contribution in [0.2, 0.25) is 0 Å². The third-order valence-corrected chi connectivity index (χ3v) is 6.10. The van der Waals surface area contributed by atoms with E-state index < -0.39 is 5.97 Å². The van der Waals surface area contributed by atoms with Gasteiger partial charge >= 0.3 is 5.97 Å². The van der Waals surface area contributed by atoms with Crippen molar-refractivity contribution in [2.75, 3.05) is 24.7 Å². The molecule has 4 rings (SSSR count).